The van der Waals surface area contributed by atoms with Crippen LogP contribution >= 0.6 is 0 Å². The van der Waals surface area contributed by atoms with E-state index in [9.17, 15) is 4.79 Å². The molecule has 0 aliphatic heterocycles. The maximum absolute atomic E-state index is 10.9. The third-order valence-corrected chi connectivity index (χ3v) is 2.40. The van der Waals surface area contributed by atoms with Crippen LogP contribution in [0.4, 0.5) is 17.1 Å². The number of phenolic OH excluding ortho intramolecular Hbond substituents is 1. The summed E-state index contributed by atoms with van der Waals surface area (Å²) in [5.41, 5.74) is 6.63. The molecule has 2 aromatic rings. The topological polar surface area (TPSA) is 108 Å². The minimum absolute atomic E-state index is 0.0119. The van der Waals surface area contributed by atoms with Crippen molar-refractivity contribution in [3.8, 4) is 5.75 Å². The van der Waals surface area contributed by atoms with Gasteiger partial charge < -0.3 is 15.9 Å². The standard InChI is InChI=1S/C13H11N3O3/c14-12-6-3-9(7-11(12)13(18)19)16-15-8-1-4-10(17)5-2-8/h1-7,17H,14H2,(H,18,19). The summed E-state index contributed by atoms with van der Waals surface area (Å²) in [6.07, 6.45) is 0. The summed E-state index contributed by atoms with van der Waals surface area (Å²) in [7, 11) is 0. The van der Waals surface area contributed by atoms with Crippen molar-refractivity contribution in [2.24, 2.45) is 10.2 Å². The number of carboxylic acids is 1. The molecule has 0 amide bonds. The van der Waals surface area contributed by atoms with Gasteiger partial charge in [0.05, 0.1) is 16.9 Å². The Labute approximate surface area is 108 Å². The minimum Gasteiger partial charge on any atom is -0.508 e. The molecule has 0 spiro atoms. The van der Waals surface area contributed by atoms with E-state index in [1.54, 1.807) is 18.2 Å². The SMILES string of the molecule is Nc1ccc(N=Nc2ccc(O)cc2)cc1C(=O)O. The summed E-state index contributed by atoms with van der Waals surface area (Å²) in [6, 6.07) is 10.5. The number of aromatic carboxylic acids is 1. The molecule has 0 unspecified atom stereocenters. The second kappa shape index (κ2) is 5.18. The Morgan fingerprint density at radius 1 is 1.00 bits per heavy atom. The lowest BCUT2D eigenvalue weighted by Crippen LogP contribution is -2.01. The molecule has 2 rings (SSSR count). The van der Waals surface area contributed by atoms with Crippen LogP contribution in [0.5, 0.6) is 5.75 Å². The Hall–Kier alpha value is -2.89. The minimum atomic E-state index is -1.11. The zero-order valence-corrected chi connectivity index (χ0v) is 9.82. The number of hydrogen-bond donors (Lipinski definition) is 3. The first kappa shape index (κ1) is 12.6. The number of benzene rings is 2. The van der Waals surface area contributed by atoms with E-state index in [2.05, 4.69) is 10.2 Å². The van der Waals surface area contributed by atoms with E-state index in [1.807, 2.05) is 0 Å². The number of carbonyl (C=O) groups is 1. The fraction of sp³-hybridized carbons (Fsp3) is 0. The van der Waals surface area contributed by atoms with Gasteiger partial charge in [-0.2, -0.15) is 10.2 Å². The molecule has 0 saturated carbocycles. The summed E-state index contributed by atoms with van der Waals surface area (Å²) < 4.78 is 0. The highest BCUT2D eigenvalue weighted by molar-refractivity contribution is 5.94. The number of azo groups is 1. The van der Waals surface area contributed by atoms with E-state index in [4.69, 9.17) is 15.9 Å². The largest absolute Gasteiger partial charge is 0.508 e. The van der Waals surface area contributed by atoms with Gasteiger partial charge in [0.2, 0.25) is 0 Å². The average molecular weight is 257 g/mol. The zero-order chi connectivity index (χ0) is 13.8. The number of aromatic hydroxyl groups is 1. The number of rotatable bonds is 3. The van der Waals surface area contributed by atoms with E-state index in [0.717, 1.165) is 0 Å². The number of anilines is 1. The molecule has 0 fully saturated rings. The number of hydrogen-bond acceptors (Lipinski definition) is 5. The van der Waals surface area contributed by atoms with Crippen molar-refractivity contribution in [3.63, 3.8) is 0 Å². The molecule has 4 N–H and O–H groups in total. The predicted molar refractivity (Wildman–Crippen MR) is 70.1 cm³/mol. The Kier molecular flexibility index (Phi) is 3.42. The zero-order valence-electron chi connectivity index (χ0n) is 9.82. The van der Waals surface area contributed by atoms with Crippen molar-refractivity contribution in [2.45, 2.75) is 0 Å². The number of phenols is 1. The molecule has 0 radical (unpaired) electrons. The summed E-state index contributed by atoms with van der Waals surface area (Å²) >= 11 is 0. The van der Waals surface area contributed by atoms with Gasteiger partial charge in [-0.1, -0.05) is 0 Å². The fourth-order valence-corrected chi connectivity index (χ4v) is 1.43. The van der Waals surface area contributed by atoms with E-state index in [0.29, 0.717) is 11.4 Å². The first-order valence-corrected chi connectivity index (χ1v) is 5.40. The summed E-state index contributed by atoms with van der Waals surface area (Å²) in [6.45, 7) is 0. The van der Waals surface area contributed by atoms with Gasteiger partial charge in [0, 0.05) is 5.69 Å². The lowest BCUT2D eigenvalue weighted by atomic mass is 10.1. The molecule has 0 aromatic heterocycles. The quantitative estimate of drug-likeness (QED) is 0.579. The van der Waals surface area contributed by atoms with Gasteiger partial charge >= 0.3 is 5.97 Å². The normalized spacial score (nSPS) is 10.7. The van der Waals surface area contributed by atoms with Gasteiger partial charge in [0.15, 0.2) is 0 Å². The van der Waals surface area contributed by atoms with Gasteiger partial charge in [-0.3, -0.25) is 0 Å². The molecular formula is C13H11N3O3. The Morgan fingerprint density at radius 3 is 2.21 bits per heavy atom. The Morgan fingerprint density at radius 2 is 1.58 bits per heavy atom. The molecule has 0 bridgehead atoms. The summed E-state index contributed by atoms with van der Waals surface area (Å²) in [4.78, 5) is 10.9. The number of nitrogen functional groups attached to an aromatic ring is 1. The van der Waals surface area contributed by atoms with Gasteiger partial charge in [-0.25, -0.2) is 4.79 Å². The second-order valence-electron chi connectivity index (χ2n) is 3.79. The van der Waals surface area contributed by atoms with E-state index in [-0.39, 0.29) is 17.0 Å². The molecule has 0 aliphatic carbocycles. The first-order valence-electron chi connectivity index (χ1n) is 5.40. The number of nitrogens with two attached hydrogens (primary N) is 1. The molecule has 19 heavy (non-hydrogen) atoms. The van der Waals surface area contributed by atoms with Crippen molar-refractivity contribution in [3.05, 3.63) is 48.0 Å². The first-order chi connectivity index (χ1) is 9.06. The van der Waals surface area contributed by atoms with Gasteiger partial charge in [0.25, 0.3) is 0 Å². The van der Waals surface area contributed by atoms with Crippen molar-refractivity contribution < 1.29 is 15.0 Å². The third-order valence-electron chi connectivity index (χ3n) is 2.40. The number of carboxylic acid groups (broad SMARTS) is 1. The molecule has 0 aliphatic rings. The van der Waals surface area contributed by atoms with Gasteiger partial charge in [0.1, 0.15) is 5.75 Å². The smallest absolute Gasteiger partial charge is 0.337 e. The van der Waals surface area contributed by atoms with Crippen LogP contribution in [-0.2, 0) is 0 Å². The fourth-order valence-electron chi connectivity index (χ4n) is 1.43. The third kappa shape index (κ3) is 3.06. The molecule has 0 atom stereocenters. The van der Waals surface area contributed by atoms with Crippen LogP contribution in [0.15, 0.2) is 52.7 Å². The Balaban J connectivity index is 2.26. The molecule has 6 heteroatoms. The highest BCUT2D eigenvalue weighted by Crippen LogP contribution is 2.23. The van der Waals surface area contributed by atoms with Crippen LogP contribution in [0.3, 0.4) is 0 Å². The van der Waals surface area contributed by atoms with Crippen LogP contribution in [0.1, 0.15) is 10.4 Å². The highest BCUT2D eigenvalue weighted by atomic mass is 16.4. The molecule has 2 aromatic carbocycles. The maximum atomic E-state index is 10.9. The summed E-state index contributed by atoms with van der Waals surface area (Å²) in [5, 5.41) is 25.9. The molecule has 0 heterocycles. The van der Waals surface area contributed by atoms with Crippen LogP contribution in [0.25, 0.3) is 0 Å². The summed E-state index contributed by atoms with van der Waals surface area (Å²) in [5.74, 6) is -0.973. The van der Waals surface area contributed by atoms with E-state index < -0.39 is 5.97 Å². The number of nitrogens with zero attached hydrogens (tertiary/aromatic N) is 2. The van der Waals surface area contributed by atoms with Crippen molar-refractivity contribution in [1.29, 1.82) is 0 Å². The maximum Gasteiger partial charge on any atom is 0.337 e. The van der Waals surface area contributed by atoms with Crippen molar-refractivity contribution in [1.82, 2.24) is 0 Å². The van der Waals surface area contributed by atoms with Crippen molar-refractivity contribution in [2.75, 3.05) is 5.73 Å². The predicted octanol–water partition coefficient (Wildman–Crippen LogP) is 3.09. The van der Waals surface area contributed by atoms with Gasteiger partial charge in [-0.15, -0.1) is 0 Å². The lowest BCUT2D eigenvalue weighted by molar-refractivity contribution is 0.0698. The molecular weight excluding hydrogens is 246 g/mol. The molecule has 96 valence electrons. The van der Waals surface area contributed by atoms with Gasteiger partial charge in [-0.05, 0) is 42.5 Å². The van der Waals surface area contributed by atoms with Crippen LogP contribution in [0, 0.1) is 0 Å². The Bertz CT molecular complexity index is 636. The van der Waals surface area contributed by atoms with Crippen LogP contribution in [-0.4, -0.2) is 16.2 Å². The van der Waals surface area contributed by atoms with E-state index >= 15 is 0 Å². The lowest BCUT2D eigenvalue weighted by Gasteiger charge is -2.00. The average Bonchev–Trinajstić information content (AvgIpc) is 2.39. The molecule has 0 saturated heterocycles. The van der Waals surface area contributed by atoms with Crippen LogP contribution < -0.4 is 5.73 Å². The highest BCUT2D eigenvalue weighted by Gasteiger charge is 2.08. The second-order valence-corrected chi connectivity index (χ2v) is 3.79. The van der Waals surface area contributed by atoms with E-state index in [1.165, 1.54) is 24.3 Å². The van der Waals surface area contributed by atoms with Crippen molar-refractivity contribution >= 4 is 23.0 Å². The molecule has 6 nitrogen and oxygen atoms in total. The van der Waals surface area contributed by atoms with Crippen LogP contribution in [0.2, 0.25) is 0 Å². The monoisotopic (exact) mass is 257 g/mol.